The van der Waals surface area contributed by atoms with Crippen molar-refractivity contribution in [3.63, 3.8) is 0 Å². The van der Waals surface area contributed by atoms with Crippen LogP contribution in [0, 0.1) is 11.6 Å². The van der Waals surface area contributed by atoms with Crippen molar-refractivity contribution in [2.24, 2.45) is 0 Å². The molecule has 1 fully saturated rings. The highest BCUT2D eigenvalue weighted by molar-refractivity contribution is 7.21. The normalized spacial score (nSPS) is 15.4. The van der Waals surface area contributed by atoms with Crippen molar-refractivity contribution >= 4 is 27.4 Å². The molecule has 0 atom stereocenters. The first-order chi connectivity index (χ1) is 8.08. The molecular weight excluding hydrogens is 246 g/mol. The van der Waals surface area contributed by atoms with Gasteiger partial charge in [-0.05, 0) is 41.8 Å². The summed E-state index contributed by atoms with van der Waals surface area (Å²) in [7, 11) is 0. The molecule has 1 aromatic carbocycles. The number of hydrogen-bond acceptors (Lipinski definition) is 2. The van der Waals surface area contributed by atoms with Crippen molar-refractivity contribution in [3.05, 3.63) is 34.2 Å². The van der Waals surface area contributed by atoms with E-state index in [0.717, 1.165) is 36.3 Å². The van der Waals surface area contributed by atoms with E-state index in [0.29, 0.717) is 15.6 Å². The third kappa shape index (κ3) is 1.61. The van der Waals surface area contributed by atoms with E-state index in [4.69, 9.17) is 5.11 Å². The molecule has 1 aromatic heterocycles. The summed E-state index contributed by atoms with van der Waals surface area (Å²) < 4.78 is 26.8. The van der Waals surface area contributed by atoms with Crippen LogP contribution in [0.5, 0.6) is 0 Å². The zero-order valence-corrected chi connectivity index (χ0v) is 9.48. The molecule has 0 unspecified atom stereocenters. The molecule has 2 nitrogen and oxygen atoms in total. The minimum absolute atomic E-state index is 0.194. The average molecular weight is 254 g/mol. The average Bonchev–Trinajstić information content (AvgIpc) is 3.02. The molecule has 17 heavy (non-hydrogen) atoms. The molecule has 1 aliphatic rings. The molecule has 0 saturated heterocycles. The number of carbonyl (C=O) groups is 1. The predicted molar refractivity (Wildman–Crippen MR) is 60.7 cm³/mol. The van der Waals surface area contributed by atoms with E-state index in [1.165, 1.54) is 0 Å². The van der Waals surface area contributed by atoms with E-state index in [9.17, 15) is 13.6 Å². The summed E-state index contributed by atoms with van der Waals surface area (Å²) >= 11 is 1.02. The topological polar surface area (TPSA) is 37.3 Å². The van der Waals surface area contributed by atoms with Gasteiger partial charge >= 0.3 is 5.97 Å². The van der Waals surface area contributed by atoms with Crippen LogP contribution in [0.4, 0.5) is 8.78 Å². The maximum Gasteiger partial charge on any atom is 0.346 e. The zero-order valence-electron chi connectivity index (χ0n) is 8.67. The SMILES string of the molecule is O=C(O)c1sc2cc(F)c(F)cc2c1C1CC1. The smallest absolute Gasteiger partial charge is 0.346 e. The Bertz CT molecular complexity index is 629. The zero-order chi connectivity index (χ0) is 12.2. The second-order valence-electron chi connectivity index (χ2n) is 4.19. The van der Waals surface area contributed by atoms with Gasteiger partial charge in [0.15, 0.2) is 11.6 Å². The molecule has 0 bridgehead atoms. The number of halogens is 2. The molecule has 2 aromatic rings. The van der Waals surface area contributed by atoms with E-state index < -0.39 is 17.6 Å². The van der Waals surface area contributed by atoms with Crippen LogP contribution in [0.1, 0.15) is 34.0 Å². The summed E-state index contributed by atoms with van der Waals surface area (Å²) in [6.45, 7) is 0. The summed E-state index contributed by atoms with van der Waals surface area (Å²) in [6.07, 6.45) is 1.84. The standard InChI is InChI=1S/C12H8F2O2S/c13-7-3-6-9(4-8(7)14)17-11(12(15)16)10(6)5-1-2-5/h3-5H,1-2H2,(H,15,16). The van der Waals surface area contributed by atoms with Gasteiger partial charge in [-0.1, -0.05) is 0 Å². The Hall–Kier alpha value is -1.49. The molecule has 1 N–H and O–H groups in total. The van der Waals surface area contributed by atoms with Crippen LogP contribution in [-0.2, 0) is 0 Å². The summed E-state index contributed by atoms with van der Waals surface area (Å²) in [5.74, 6) is -2.68. The number of rotatable bonds is 2. The Balaban J connectivity index is 2.34. The van der Waals surface area contributed by atoms with Gasteiger partial charge in [0.2, 0.25) is 0 Å². The molecule has 5 heteroatoms. The van der Waals surface area contributed by atoms with Crippen LogP contribution >= 0.6 is 11.3 Å². The fraction of sp³-hybridized carbons (Fsp3) is 0.250. The molecule has 3 rings (SSSR count). The largest absolute Gasteiger partial charge is 0.477 e. The van der Waals surface area contributed by atoms with E-state index in [2.05, 4.69) is 0 Å². The van der Waals surface area contributed by atoms with E-state index in [1.807, 2.05) is 0 Å². The monoisotopic (exact) mass is 254 g/mol. The molecule has 1 aliphatic carbocycles. The van der Waals surface area contributed by atoms with Crippen molar-refractivity contribution < 1.29 is 18.7 Å². The quantitative estimate of drug-likeness (QED) is 0.886. The van der Waals surface area contributed by atoms with Crippen LogP contribution in [0.25, 0.3) is 10.1 Å². The molecule has 0 spiro atoms. The second kappa shape index (κ2) is 3.50. The van der Waals surface area contributed by atoms with Crippen LogP contribution in [0.15, 0.2) is 12.1 Å². The lowest BCUT2D eigenvalue weighted by molar-refractivity contribution is 0.0701. The Kier molecular flexibility index (Phi) is 2.19. The van der Waals surface area contributed by atoms with Gasteiger partial charge < -0.3 is 5.11 Å². The van der Waals surface area contributed by atoms with Crippen LogP contribution in [0.3, 0.4) is 0 Å². The molecule has 0 radical (unpaired) electrons. The lowest BCUT2D eigenvalue weighted by Crippen LogP contribution is -1.96. The number of hydrogen-bond donors (Lipinski definition) is 1. The van der Waals surface area contributed by atoms with E-state index in [-0.39, 0.29) is 10.8 Å². The van der Waals surface area contributed by atoms with Crippen molar-refractivity contribution in [3.8, 4) is 0 Å². The minimum Gasteiger partial charge on any atom is -0.477 e. The van der Waals surface area contributed by atoms with Gasteiger partial charge in [-0.2, -0.15) is 0 Å². The number of carboxylic acid groups (broad SMARTS) is 1. The van der Waals surface area contributed by atoms with Gasteiger partial charge in [-0.3, -0.25) is 0 Å². The van der Waals surface area contributed by atoms with Crippen LogP contribution in [0.2, 0.25) is 0 Å². The predicted octanol–water partition coefficient (Wildman–Crippen LogP) is 3.76. The highest BCUT2D eigenvalue weighted by Gasteiger charge is 2.32. The summed E-state index contributed by atoms with van der Waals surface area (Å²) in [5, 5.41) is 9.65. The van der Waals surface area contributed by atoms with Crippen molar-refractivity contribution in [2.45, 2.75) is 18.8 Å². The van der Waals surface area contributed by atoms with Gasteiger partial charge in [0.05, 0.1) is 0 Å². The summed E-state index contributed by atoms with van der Waals surface area (Å²) in [5.41, 5.74) is 0.677. The summed E-state index contributed by atoms with van der Waals surface area (Å²) in [6, 6.07) is 2.19. The molecule has 88 valence electrons. The highest BCUT2D eigenvalue weighted by atomic mass is 32.1. The van der Waals surface area contributed by atoms with Crippen LogP contribution < -0.4 is 0 Å². The lowest BCUT2D eigenvalue weighted by Gasteiger charge is -1.99. The Labute approximate surface area is 99.5 Å². The maximum absolute atomic E-state index is 13.2. The first-order valence-electron chi connectivity index (χ1n) is 5.22. The fourth-order valence-corrected chi connectivity index (χ4v) is 3.18. The van der Waals surface area contributed by atoms with E-state index >= 15 is 0 Å². The number of carboxylic acids is 1. The van der Waals surface area contributed by atoms with Crippen LogP contribution in [-0.4, -0.2) is 11.1 Å². The van der Waals surface area contributed by atoms with E-state index in [1.54, 1.807) is 0 Å². The molecule has 1 heterocycles. The van der Waals surface area contributed by atoms with Gasteiger partial charge in [0, 0.05) is 4.70 Å². The van der Waals surface area contributed by atoms with Crippen molar-refractivity contribution in [2.75, 3.05) is 0 Å². The third-order valence-electron chi connectivity index (χ3n) is 2.95. The van der Waals surface area contributed by atoms with Gasteiger partial charge in [0.1, 0.15) is 4.88 Å². The van der Waals surface area contributed by atoms with Gasteiger partial charge in [-0.15, -0.1) is 11.3 Å². The molecule has 0 aliphatic heterocycles. The number of fused-ring (bicyclic) bond motifs is 1. The maximum atomic E-state index is 13.2. The number of aromatic carboxylic acids is 1. The fourth-order valence-electron chi connectivity index (χ4n) is 2.05. The van der Waals surface area contributed by atoms with Crippen molar-refractivity contribution in [1.29, 1.82) is 0 Å². The number of thiophene rings is 1. The Morgan fingerprint density at radius 3 is 2.53 bits per heavy atom. The summed E-state index contributed by atoms with van der Waals surface area (Å²) in [4.78, 5) is 11.3. The Morgan fingerprint density at radius 1 is 1.29 bits per heavy atom. The van der Waals surface area contributed by atoms with Gasteiger partial charge in [0.25, 0.3) is 0 Å². The van der Waals surface area contributed by atoms with Crippen molar-refractivity contribution in [1.82, 2.24) is 0 Å². The minimum atomic E-state index is -1.02. The first-order valence-corrected chi connectivity index (χ1v) is 6.04. The third-order valence-corrected chi connectivity index (χ3v) is 4.11. The molecular formula is C12H8F2O2S. The second-order valence-corrected chi connectivity index (χ2v) is 5.24. The molecule has 1 saturated carbocycles. The highest BCUT2D eigenvalue weighted by Crippen LogP contribution is 2.48. The first kappa shape index (κ1) is 10.7. The molecule has 0 amide bonds. The van der Waals surface area contributed by atoms with Gasteiger partial charge in [-0.25, -0.2) is 13.6 Å². The number of benzene rings is 1. The lowest BCUT2D eigenvalue weighted by atomic mass is 10.1. The Morgan fingerprint density at radius 2 is 1.94 bits per heavy atom.